The highest BCUT2D eigenvalue weighted by atomic mass is 35.5. The van der Waals surface area contributed by atoms with Gasteiger partial charge in [-0.05, 0) is 137 Å². The van der Waals surface area contributed by atoms with Crippen molar-refractivity contribution in [2.24, 2.45) is 0 Å². The van der Waals surface area contributed by atoms with Crippen molar-refractivity contribution >= 4 is 88.0 Å². The molecule has 10 rings (SSSR count). The molecule has 0 spiro atoms. The number of phenolic OH excluding ortho intramolecular Hbond substituents is 1. The summed E-state index contributed by atoms with van der Waals surface area (Å²) in [5, 5.41) is 48.4. The highest BCUT2D eigenvalue weighted by molar-refractivity contribution is 7.41. The average molecular weight is 1380 g/mol. The molecule has 0 saturated heterocycles. The molecule has 0 amide bonds. The van der Waals surface area contributed by atoms with Gasteiger partial charge in [0.15, 0.2) is 46.3 Å². The number of halogens is 8. The number of alkyl halides is 3. The second-order valence-electron chi connectivity index (χ2n) is 18.7. The topological polar surface area (TPSA) is 285 Å². The van der Waals surface area contributed by atoms with Gasteiger partial charge in [0.1, 0.15) is 45.5 Å². The van der Waals surface area contributed by atoms with E-state index < -0.39 is 74.6 Å². The Morgan fingerprint density at radius 1 is 0.547 bits per heavy atom. The Morgan fingerprint density at radius 2 is 1.02 bits per heavy atom. The molecule has 4 aromatic carbocycles. The van der Waals surface area contributed by atoms with Crippen LogP contribution < -0.4 is 19.7 Å². The van der Waals surface area contributed by atoms with E-state index in [1.165, 1.54) is 60.9 Å². The Balaban J connectivity index is 0.000000578. The van der Waals surface area contributed by atoms with E-state index >= 15 is 0 Å². The van der Waals surface area contributed by atoms with Gasteiger partial charge in [0.25, 0.3) is 5.69 Å². The molecule has 10 aromatic rings. The van der Waals surface area contributed by atoms with E-state index in [-0.39, 0.29) is 100 Å². The predicted molar refractivity (Wildman–Crippen MR) is 359 cm³/mol. The molecule has 31 heteroatoms. The number of H-pyrrole nitrogens is 2. The van der Waals surface area contributed by atoms with Crippen LogP contribution in [-0.4, -0.2) is 122 Å². The lowest BCUT2D eigenvalue weighted by Gasteiger charge is -2.12. The molecule has 0 aliphatic rings. The third kappa shape index (κ3) is 24.5. The number of aryl methyl sites for hydroxylation is 4. The fourth-order valence-electron chi connectivity index (χ4n) is 7.89. The summed E-state index contributed by atoms with van der Waals surface area (Å²) >= 11 is 5.44. The normalized spacial score (nSPS) is 10.2. The number of hydrogen-bond acceptors (Lipinski definition) is 17. The highest BCUT2D eigenvalue weighted by Gasteiger charge is 2.20. The van der Waals surface area contributed by atoms with Gasteiger partial charge in [-0.3, -0.25) is 30.2 Å². The number of benzene rings is 4. The van der Waals surface area contributed by atoms with Crippen LogP contribution in [0.2, 0.25) is 5.15 Å². The minimum absolute atomic E-state index is 0. The molecular weight excluding hydrogens is 1300 g/mol. The fraction of sp³-hybridized carbons (Fsp3) is 0.312. The van der Waals surface area contributed by atoms with Crippen LogP contribution in [0.1, 0.15) is 72.7 Å². The van der Waals surface area contributed by atoms with Crippen LogP contribution >= 0.6 is 20.2 Å². The van der Waals surface area contributed by atoms with Gasteiger partial charge in [0.2, 0.25) is 5.15 Å². The van der Waals surface area contributed by atoms with E-state index in [1.54, 1.807) is 32.3 Å². The number of rotatable bonds is 19. The van der Waals surface area contributed by atoms with Crippen LogP contribution in [0.25, 0.3) is 55.1 Å². The minimum Gasteiger partial charge on any atom is -0.505 e. The van der Waals surface area contributed by atoms with Crippen LogP contribution in [0.15, 0.2) is 110 Å². The SMILES string of the molecule is C.C.C.C.CCOP(OCC)OCC.Cc1cnc(-c2ccc(OCCF)c(F)c2)c([N+](=O)[O-])c1.Cc1cnc(Cl)c([N+](=O)[O-])c1.Cc1cnc2c(c1)[nH]c1c(F)c(OCCF)ccc12.Cc1cnc2c(c1)[nH]c1cc(OCCF)c(F)cc12.OB(O)c1ccc(O)c(F)c1. The third-order valence-corrected chi connectivity index (χ3v) is 13.5. The molecule has 0 aliphatic carbocycles. The number of aromatic nitrogens is 6. The van der Waals surface area contributed by atoms with Gasteiger partial charge in [-0.1, -0.05) is 47.4 Å². The molecule has 516 valence electrons. The second kappa shape index (κ2) is 41.8. The first-order valence-electron chi connectivity index (χ1n) is 27.4. The van der Waals surface area contributed by atoms with E-state index in [2.05, 4.69) is 29.9 Å². The fourth-order valence-corrected chi connectivity index (χ4v) is 8.92. The number of phenols is 1. The first-order valence-corrected chi connectivity index (χ1v) is 28.9. The molecular formula is C64H78BClF7N8O13P. The standard InChI is InChI=1S/C14H12F2N2O3.2C14H12F2N2O.C6H6BFO3.C6H5ClN2O2.C6H15O3P.4CH4/c1-9-6-12(18(19)20)14(17-8-9)10-2-3-13(11(16)7-10)21-5-4-15;1-8-4-12-14(17-7-8)9-5-10(16)13(19-3-2-15)6-11(9)18-12;1-8-6-10-13(17-7-8)9-2-3-11(19-5-4-15)12(16)14(9)18-10;8-5-3-4(7(10)11)1-2-6(5)9;1-4-2-5(9(10)11)6(7)8-3-4;1-4-7-10(8-5-2)9-6-3;;;;/h2-3,6-8H,4-5H2,1H3;4-7,18H,2-3H2,1H3;2-3,6-7,18H,4-5H2,1H3;1-3,9-11H;2-3H,1H3;4-6H2,1-3H3;4*1H4. The molecule has 0 bridgehead atoms. The summed E-state index contributed by atoms with van der Waals surface area (Å²) in [6.07, 6.45) is 6.42. The van der Waals surface area contributed by atoms with Gasteiger partial charge >= 0.3 is 21.4 Å². The van der Waals surface area contributed by atoms with E-state index in [9.17, 15) is 51.0 Å². The zero-order valence-corrected chi connectivity index (χ0v) is 51.6. The maximum absolute atomic E-state index is 14.2. The van der Waals surface area contributed by atoms with Crippen LogP contribution in [0.4, 0.5) is 42.1 Å². The predicted octanol–water partition coefficient (Wildman–Crippen LogP) is 16.5. The number of ether oxygens (including phenoxy) is 3. The van der Waals surface area contributed by atoms with Gasteiger partial charge < -0.3 is 52.9 Å². The number of aromatic amines is 2. The molecule has 0 radical (unpaired) electrons. The van der Waals surface area contributed by atoms with Crippen LogP contribution in [0.3, 0.4) is 0 Å². The quantitative estimate of drug-likeness (QED) is 0.0126. The van der Waals surface area contributed by atoms with E-state index in [0.29, 0.717) is 41.7 Å². The summed E-state index contributed by atoms with van der Waals surface area (Å²) < 4.78 is 121. The molecule has 95 heavy (non-hydrogen) atoms. The third-order valence-electron chi connectivity index (χ3n) is 11.8. The van der Waals surface area contributed by atoms with Gasteiger partial charge in [-0.2, -0.15) is 0 Å². The summed E-state index contributed by atoms with van der Waals surface area (Å²) in [5.41, 5.74) is 7.48. The van der Waals surface area contributed by atoms with Gasteiger partial charge in [0.05, 0.1) is 62.8 Å². The van der Waals surface area contributed by atoms with Crippen molar-refractivity contribution in [3.8, 4) is 34.3 Å². The highest BCUT2D eigenvalue weighted by Crippen LogP contribution is 2.39. The summed E-state index contributed by atoms with van der Waals surface area (Å²) in [6, 6.07) is 19.7. The summed E-state index contributed by atoms with van der Waals surface area (Å²) in [4.78, 5) is 42.6. The van der Waals surface area contributed by atoms with Crippen molar-refractivity contribution in [1.29, 1.82) is 0 Å². The summed E-state index contributed by atoms with van der Waals surface area (Å²) in [6.45, 7) is 12.4. The Morgan fingerprint density at radius 3 is 1.53 bits per heavy atom. The molecule has 0 saturated carbocycles. The molecule has 21 nitrogen and oxygen atoms in total. The summed E-state index contributed by atoms with van der Waals surface area (Å²) in [5.74, 6) is -3.12. The molecule has 5 N–H and O–H groups in total. The van der Waals surface area contributed by atoms with E-state index in [1.807, 2.05) is 46.8 Å². The zero-order chi connectivity index (χ0) is 66.9. The second-order valence-corrected chi connectivity index (χ2v) is 20.3. The van der Waals surface area contributed by atoms with Gasteiger partial charge in [0, 0.05) is 59.3 Å². The lowest BCUT2D eigenvalue weighted by molar-refractivity contribution is -0.385. The van der Waals surface area contributed by atoms with Crippen molar-refractivity contribution < 1.29 is 83.5 Å². The van der Waals surface area contributed by atoms with E-state index in [0.717, 1.165) is 62.5 Å². The largest absolute Gasteiger partial charge is 0.505 e. The average Bonchev–Trinajstić information content (AvgIpc) is 1.64. The maximum Gasteiger partial charge on any atom is 0.488 e. The number of aromatic hydroxyl groups is 1. The van der Waals surface area contributed by atoms with Crippen LogP contribution in [0.5, 0.6) is 23.0 Å². The Bertz CT molecular complexity index is 4020. The zero-order valence-electron chi connectivity index (χ0n) is 49.9. The number of nitrogens with zero attached hydrogens (tertiary/aromatic N) is 6. The molecule has 0 aliphatic heterocycles. The number of nitro groups is 2. The van der Waals surface area contributed by atoms with Gasteiger partial charge in [-0.25, -0.2) is 40.7 Å². The molecule has 0 unspecified atom stereocenters. The number of fused-ring (bicyclic) bond motifs is 6. The van der Waals surface area contributed by atoms with Crippen LogP contribution in [-0.2, 0) is 13.6 Å². The lowest BCUT2D eigenvalue weighted by atomic mass is 9.80. The molecule has 0 atom stereocenters. The number of hydrogen-bond donors (Lipinski definition) is 5. The Hall–Kier alpha value is -8.83. The van der Waals surface area contributed by atoms with Gasteiger partial charge in [-0.15, -0.1) is 0 Å². The first-order chi connectivity index (χ1) is 43.5. The minimum atomic E-state index is -1.70. The van der Waals surface area contributed by atoms with Crippen molar-refractivity contribution in [1.82, 2.24) is 29.9 Å². The van der Waals surface area contributed by atoms with Crippen molar-refractivity contribution in [2.45, 2.75) is 78.2 Å². The molecule has 6 aromatic heterocycles. The number of pyridine rings is 4. The van der Waals surface area contributed by atoms with Crippen molar-refractivity contribution in [3.63, 3.8) is 0 Å². The summed E-state index contributed by atoms with van der Waals surface area (Å²) in [7, 11) is -2.76. The van der Waals surface area contributed by atoms with Crippen molar-refractivity contribution in [2.75, 3.05) is 59.7 Å². The van der Waals surface area contributed by atoms with Crippen LogP contribution in [0, 0.1) is 71.2 Å². The maximum atomic E-state index is 14.2. The molecule has 0 fully saturated rings. The first kappa shape index (κ1) is 84.2. The Labute approximate surface area is 552 Å². The molecule has 6 heterocycles. The monoisotopic (exact) mass is 1380 g/mol. The van der Waals surface area contributed by atoms with E-state index in [4.69, 9.17) is 54.5 Å². The number of nitrogens with one attached hydrogen (secondary N) is 2. The Kier molecular flexibility index (Phi) is 37.0. The smallest absolute Gasteiger partial charge is 0.488 e. The lowest BCUT2D eigenvalue weighted by Crippen LogP contribution is -2.29. The van der Waals surface area contributed by atoms with Crippen molar-refractivity contribution in [3.05, 3.63) is 181 Å².